The molecule has 8 heteroatoms. The van der Waals surface area contributed by atoms with Gasteiger partial charge in [0.25, 0.3) is 5.69 Å². The average molecular weight is 412 g/mol. The first-order valence-corrected chi connectivity index (χ1v) is 10.1. The number of hydrogen-bond donors (Lipinski definition) is 0. The number of hydrogen-bond acceptors (Lipinski definition) is 4. The summed E-state index contributed by atoms with van der Waals surface area (Å²) in [4.78, 5) is 39.8. The summed E-state index contributed by atoms with van der Waals surface area (Å²) >= 11 is 0. The lowest BCUT2D eigenvalue weighted by Gasteiger charge is -2.41. The number of nitrogens with zero attached hydrogens (tertiary/aromatic N) is 4. The van der Waals surface area contributed by atoms with Gasteiger partial charge in [0, 0.05) is 49.1 Å². The highest BCUT2D eigenvalue weighted by atomic mass is 16.6. The van der Waals surface area contributed by atoms with Crippen molar-refractivity contribution in [1.82, 2.24) is 14.4 Å². The molecule has 30 heavy (non-hydrogen) atoms. The molecule has 3 rings (SSSR count). The Kier molecular flexibility index (Phi) is 5.96. The molecule has 1 aliphatic heterocycles. The zero-order chi connectivity index (χ0) is 22.1. The van der Waals surface area contributed by atoms with Crippen molar-refractivity contribution in [3.63, 3.8) is 0 Å². The Morgan fingerprint density at radius 2 is 1.83 bits per heavy atom. The van der Waals surface area contributed by atoms with E-state index in [0.717, 1.165) is 11.3 Å². The lowest BCUT2D eigenvalue weighted by molar-refractivity contribution is -0.384. The molecule has 2 aromatic rings. The summed E-state index contributed by atoms with van der Waals surface area (Å²) < 4.78 is 2.09. The number of rotatable bonds is 5. The molecule has 2 amide bonds. The topological polar surface area (TPSA) is 88.7 Å². The van der Waals surface area contributed by atoms with Crippen LogP contribution in [0.5, 0.6) is 0 Å². The van der Waals surface area contributed by atoms with Gasteiger partial charge in [-0.1, -0.05) is 6.92 Å². The van der Waals surface area contributed by atoms with E-state index in [4.69, 9.17) is 0 Å². The molecule has 0 bridgehead atoms. The highest BCUT2D eigenvalue weighted by Gasteiger charge is 2.35. The average Bonchev–Trinajstić information content (AvgIpc) is 3.18. The van der Waals surface area contributed by atoms with Crippen LogP contribution >= 0.6 is 0 Å². The Morgan fingerprint density at radius 1 is 1.17 bits per heavy atom. The molecule has 160 valence electrons. The van der Waals surface area contributed by atoms with Crippen molar-refractivity contribution in [2.24, 2.45) is 0 Å². The number of fused-ring (bicyclic) bond motifs is 1. The third kappa shape index (κ3) is 4.22. The number of benzene rings is 1. The monoisotopic (exact) mass is 412 g/mol. The normalized spacial score (nSPS) is 16.1. The Hall–Kier alpha value is -3.16. The molecule has 1 atom stereocenters. The van der Waals surface area contributed by atoms with E-state index in [0.29, 0.717) is 19.5 Å². The van der Waals surface area contributed by atoms with E-state index in [-0.39, 0.29) is 30.1 Å². The van der Waals surface area contributed by atoms with Gasteiger partial charge in [0.15, 0.2) is 0 Å². The Bertz CT molecular complexity index is 943. The van der Waals surface area contributed by atoms with Gasteiger partial charge in [0.1, 0.15) is 6.54 Å². The minimum Gasteiger partial charge on any atom is -0.348 e. The van der Waals surface area contributed by atoms with E-state index in [2.05, 4.69) is 4.57 Å². The van der Waals surface area contributed by atoms with E-state index >= 15 is 0 Å². The fraction of sp³-hybridized carbons (Fsp3) is 0.455. The number of amides is 2. The van der Waals surface area contributed by atoms with Crippen LogP contribution in [0.3, 0.4) is 0 Å². The van der Waals surface area contributed by atoms with E-state index in [1.165, 1.54) is 12.1 Å². The van der Waals surface area contributed by atoms with Gasteiger partial charge in [-0.3, -0.25) is 19.7 Å². The first-order valence-electron chi connectivity index (χ1n) is 10.1. The van der Waals surface area contributed by atoms with Crippen molar-refractivity contribution in [2.75, 3.05) is 13.1 Å². The van der Waals surface area contributed by atoms with Gasteiger partial charge in [-0.2, -0.15) is 0 Å². The number of aromatic nitrogens is 1. The Morgan fingerprint density at radius 3 is 2.40 bits per heavy atom. The molecule has 0 saturated heterocycles. The smallest absolute Gasteiger partial charge is 0.269 e. The van der Waals surface area contributed by atoms with Gasteiger partial charge in [0.05, 0.1) is 11.0 Å². The number of nitro groups is 1. The molecule has 0 N–H and O–H groups in total. The summed E-state index contributed by atoms with van der Waals surface area (Å²) in [6, 6.07) is 9.85. The highest BCUT2D eigenvalue weighted by Crippen LogP contribution is 2.33. The maximum Gasteiger partial charge on any atom is 0.269 e. The SMILES string of the molecule is CCC(=O)N(CC(=O)N1CCn2cccc2C1c1ccc([N+](=O)[O-])cc1)C(C)(C)C. The van der Waals surface area contributed by atoms with Crippen LogP contribution in [0, 0.1) is 10.1 Å². The largest absolute Gasteiger partial charge is 0.348 e. The molecule has 0 aliphatic carbocycles. The van der Waals surface area contributed by atoms with E-state index in [9.17, 15) is 19.7 Å². The fourth-order valence-electron chi connectivity index (χ4n) is 3.90. The first kappa shape index (κ1) is 21.5. The molecule has 8 nitrogen and oxygen atoms in total. The Labute approximate surface area is 176 Å². The second kappa shape index (κ2) is 8.30. The van der Waals surface area contributed by atoms with Crippen LogP contribution in [0.4, 0.5) is 5.69 Å². The molecular formula is C22H28N4O4. The molecule has 0 radical (unpaired) electrons. The first-order chi connectivity index (χ1) is 14.1. The fourth-order valence-corrected chi connectivity index (χ4v) is 3.90. The van der Waals surface area contributed by atoms with Crippen LogP contribution in [-0.2, 0) is 16.1 Å². The van der Waals surface area contributed by atoms with Crippen LogP contribution in [0.25, 0.3) is 0 Å². The standard InChI is InChI=1S/C22H28N4O4/c1-5-19(27)25(22(2,3)4)15-20(28)24-14-13-23-12-6-7-18(23)21(24)16-8-10-17(11-9-16)26(29)30/h6-12,21H,5,13-15H2,1-4H3. The van der Waals surface area contributed by atoms with E-state index in [1.54, 1.807) is 28.9 Å². The molecule has 1 unspecified atom stereocenters. The van der Waals surface area contributed by atoms with Crippen molar-refractivity contribution in [3.8, 4) is 0 Å². The van der Waals surface area contributed by atoms with Gasteiger partial charge in [-0.05, 0) is 50.6 Å². The summed E-state index contributed by atoms with van der Waals surface area (Å²) in [5.41, 5.74) is 1.29. The number of carbonyl (C=O) groups is 2. The third-order valence-corrected chi connectivity index (χ3v) is 5.48. The van der Waals surface area contributed by atoms with Crippen LogP contribution in [-0.4, -0.2) is 49.7 Å². The molecule has 0 fully saturated rings. The Balaban J connectivity index is 1.95. The molecule has 1 aliphatic rings. The van der Waals surface area contributed by atoms with Gasteiger partial charge in [-0.15, -0.1) is 0 Å². The number of nitro benzene ring substituents is 1. The zero-order valence-corrected chi connectivity index (χ0v) is 17.9. The quantitative estimate of drug-likeness (QED) is 0.556. The minimum atomic E-state index is -0.471. The van der Waals surface area contributed by atoms with Crippen LogP contribution in [0.15, 0.2) is 42.6 Å². The predicted octanol–water partition coefficient (Wildman–Crippen LogP) is 3.37. The predicted molar refractivity (Wildman–Crippen MR) is 113 cm³/mol. The van der Waals surface area contributed by atoms with Crippen molar-refractivity contribution < 1.29 is 14.5 Å². The third-order valence-electron chi connectivity index (χ3n) is 5.48. The lowest BCUT2D eigenvalue weighted by atomic mass is 9.99. The molecule has 0 saturated carbocycles. The summed E-state index contributed by atoms with van der Waals surface area (Å²) in [6.07, 6.45) is 2.30. The maximum atomic E-state index is 13.4. The van der Waals surface area contributed by atoms with Crippen molar-refractivity contribution in [2.45, 2.75) is 52.2 Å². The van der Waals surface area contributed by atoms with Crippen molar-refractivity contribution in [1.29, 1.82) is 0 Å². The van der Waals surface area contributed by atoms with E-state index in [1.807, 2.05) is 39.1 Å². The van der Waals surface area contributed by atoms with Gasteiger partial charge in [-0.25, -0.2) is 0 Å². The number of carbonyl (C=O) groups excluding carboxylic acids is 2. The van der Waals surface area contributed by atoms with Gasteiger partial charge < -0.3 is 14.4 Å². The molecule has 0 spiro atoms. The van der Waals surface area contributed by atoms with Crippen molar-refractivity contribution >= 4 is 17.5 Å². The molecular weight excluding hydrogens is 384 g/mol. The summed E-state index contributed by atoms with van der Waals surface area (Å²) in [7, 11) is 0. The molecule has 2 heterocycles. The minimum absolute atomic E-state index is 0.000360. The van der Waals surface area contributed by atoms with Crippen molar-refractivity contribution in [3.05, 3.63) is 64.0 Å². The van der Waals surface area contributed by atoms with Gasteiger partial charge >= 0.3 is 0 Å². The summed E-state index contributed by atoms with van der Waals surface area (Å²) in [5.74, 6) is -0.203. The van der Waals surface area contributed by atoms with Crippen LogP contribution in [0.2, 0.25) is 0 Å². The van der Waals surface area contributed by atoms with Gasteiger partial charge in [0.2, 0.25) is 11.8 Å². The summed E-state index contributed by atoms with van der Waals surface area (Å²) in [5, 5.41) is 11.0. The highest BCUT2D eigenvalue weighted by molar-refractivity contribution is 5.85. The number of non-ortho nitro benzene ring substituents is 1. The van der Waals surface area contributed by atoms with Crippen LogP contribution in [0.1, 0.15) is 51.4 Å². The zero-order valence-electron chi connectivity index (χ0n) is 17.9. The maximum absolute atomic E-state index is 13.4. The second-order valence-electron chi connectivity index (χ2n) is 8.47. The summed E-state index contributed by atoms with van der Waals surface area (Å²) in [6.45, 7) is 8.71. The lowest BCUT2D eigenvalue weighted by Crippen LogP contribution is -2.53. The molecule has 1 aromatic carbocycles. The molecule has 1 aromatic heterocycles. The van der Waals surface area contributed by atoms with Crippen LogP contribution < -0.4 is 0 Å². The van der Waals surface area contributed by atoms with E-state index < -0.39 is 10.5 Å². The second-order valence-corrected chi connectivity index (χ2v) is 8.47.